The van der Waals surface area contributed by atoms with Gasteiger partial charge in [0.1, 0.15) is 11.4 Å². The largest absolute Gasteiger partial charge is 0.444 e. The Morgan fingerprint density at radius 2 is 1.23 bits per heavy atom. The molecule has 56 heavy (non-hydrogen) atoms. The molecule has 0 saturated carbocycles. The fraction of sp³-hybridized carbons (Fsp3) is 0.333. The maximum Gasteiger partial charge on any atom is 0.407 e. The average Bonchev–Trinajstić information content (AvgIpc) is 3.51. The fourth-order valence-electron chi connectivity index (χ4n) is 6.52. The highest BCUT2D eigenvalue weighted by Crippen LogP contribution is 2.48. The number of unbranched alkanes of at least 4 members (excludes halogenated alkanes) is 2. The summed E-state index contributed by atoms with van der Waals surface area (Å²) in [6.07, 6.45) is 2.12. The molecule has 3 amide bonds. The Balaban J connectivity index is 1.15. The maximum atomic E-state index is 13.3. The Bertz CT molecular complexity index is 1900. The van der Waals surface area contributed by atoms with Crippen LogP contribution in [0.2, 0.25) is 0 Å². The van der Waals surface area contributed by atoms with E-state index in [0.29, 0.717) is 48.5 Å². The van der Waals surface area contributed by atoms with Gasteiger partial charge < -0.3 is 14.9 Å². The van der Waals surface area contributed by atoms with E-state index in [0.717, 1.165) is 16.7 Å². The molecule has 0 radical (unpaired) electrons. The third-order valence-corrected chi connectivity index (χ3v) is 10.8. The van der Waals surface area contributed by atoms with Crippen LogP contribution in [0, 0.1) is 0 Å². The number of carbonyl (C=O) groups is 6. The number of ketones is 2. The number of alkyl carbamates (subject to hydrolysis) is 1. The van der Waals surface area contributed by atoms with Crippen LogP contribution in [-0.2, 0) is 35.2 Å². The maximum absolute atomic E-state index is 13.3. The van der Waals surface area contributed by atoms with Crippen molar-refractivity contribution in [2.24, 2.45) is 0 Å². The van der Waals surface area contributed by atoms with E-state index in [9.17, 15) is 28.8 Å². The number of carbonyl (C=O) groups excluding carboxylic acids is 6. The molecule has 0 bridgehead atoms. The number of benzene rings is 4. The number of nitrogens with zero attached hydrogens (tertiary/aromatic N) is 1. The van der Waals surface area contributed by atoms with Crippen molar-refractivity contribution < 1.29 is 38.3 Å². The summed E-state index contributed by atoms with van der Waals surface area (Å²) in [7, 11) is 0. The summed E-state index contributed by atoms with van der Waals surface area (Å²) in [5, 5.41) is 3.03. The van der Waals surface area contributed by atoms with Crippen LogP contribution in [-0.4, -0.2) is 51.9 Å². The fourth-order valence-corrected chi connectivity index (χ4v) is 8.07. The van der Waals surface area contributed by atoms with Gasteiger partial charge in [0.05, 0.1) is 10.3 Å². The minimum Gasteiger partial charge on any atom is -0.444 e. The van der Waals surface area contributed by atoms with Gasteiger partial charge in [-0.15, -0.1) is 16.8 Å². The lowest BCUT2D eigenvalue weighted by Crippen LogP contribution is -2.34. The predicted octanol–water partition coefficient (Wildman–Crippen LogP) is 8.75. The molecule has 4 aromatic rings. The van der Waals surface area contributed by atoms with Crippen LogP contribution in [0.25, 0.3) is 0 Å². The van der Waals surface area contributed by atoms with Crippen LogP contribution < -0.4 is 5.32 Å². The normalized spacial score (nSPS) is 13.0. The molecule has 1 N–H and O–H groups in total. The molecule has 1 aliphatic heterocycles. The van der Waals surface area contributed by atoms with Crippen molar-refractivity contribution in [3.05, 3.63) is 143 Å². The third-order valence-electron chi connectivity index (χ3n) is 9.25. The Hall–Kier alpha value is -5.55. The molecule has 1 saturated heterocycles. The highest BCUT2D eigenvalue weighted by atomic mass is 32.2. The quantitative estimate of drug-likeness (QED) is 0.0455. The Morgan fingerprint density at radius 1 is 0.696 bits per heavy atom. The molecule has 1 heterocycles. The first-order valence-corrected chi connectivity index (χ1v) is 19.9. The molecule has 292 valence electrons. The lowest BCUT2D eigenvalue weighted by atomic mass is 9.84. The van der Waals surface area contributed by atoms with Crippen molar-refractivity contribution in [3.8, 4) is 0 Å². The molecule has 0 atom stereocenters. The first kappa shape index (κ1) is 41.6. The number of hydrogen-bond donors (Lipinski definition) is 1. The molecule has 5 rings (SSSR count). The SMILES string of the molecule is CC(C)(C)OC(=O)NCc1cc(C(=O)CCCCCC(=O)CCSC(c2ccccc2)(c2ccccc2)c2ccccc2)ccc1C(=O)ON1C(=O)CCC1=O. The molecular weight excluding hydrogens is 729 g/mol. The molecule has 10 nitrogen and oxygen atoms in total. The average molecular weight is 777 g/mol. The smallest absolute Gasteiger partial charge is 0.407 e. The molecule has 0 unspecified atom stereocenters. The van der Waals surface area contributed by atoms with Gasteiger partial charge in [0.15, 0.2) is 5.78 Å². The molecule has 0 aromatic heterocycles. The van der Waals surface area contributed by atoms with Crippen molar-refractivity contribution >= 4 is 47.2 Å². The summed E-state index contributed by atoms with van der Waals surface area (Å²) in [5.74, 6) is -1.58. The van der Waals surface area contributed by atoms with Gasteiger partial charge in [-0.25, -0.2) is 9.59 Å². The molecule has 11 heteroatoms. The van der Waals surface area contributed by atoms with E-state index in [1.165, 1.54) is 18.2 Å². The summed E-state index contributed by atoms with van der Waals surface area (Å²) < 4.78 is 4.82. The summed E-state index contributed by atoms with van der Waals surface area (Å²) in [5.41, 5.74) is 3.24. The van der Waals surface area contributed by atoms with Crippen molar-refractivity contribution in [3.63, 3.8) is 0 Å². The molecule has 1 fully saturated rings. The number of ether oxygens (including phenoxy) is 1. The van der Waals surface area contributed by atoms with Gasteiger partial charge in [0.25, 0.3) is 11.8 Å². The predicted molar refractivity (Wildman–Crippen MR) is 215 cm³/mol. The van der Waals surface area contributed by atoms with Crippen LogP contribution in [0.1, 0.15) is 115 Å². The minimum atomic E-state index is -0.970. The Morgan fingerprint density at radius 3 is 1.77 bits per heavy atom. The van der Waals surface area contributed by atoms with Gasteiger partial charge in [0.2, 0.25) is 0 Å². The van der Waals surface area contributed by atoms with Crippen LogP contribution >= 0.6 is 11.8 Å². The van der Waals surface area contributed by atoms with Gasteiger partial charge >= 0.3 is 12.1 Å². The van der Waals surface area contributed by atoms with E-state index < -0.39 is 34.2 Å². The second-order valence-corrected chi connectivity index (χ2v) is 15.9. The van der Waals surface area contributed by atoms with Crippen molar-refractivity contribution in [2.75, 3.05) is 5.75 Å². The topological polar surface area (TPSA) is 136 Å². The van der Waals surface area contributed by atoms with E-state index in [-0.39, 0.29) is 48.5 Å². The summed E-state index contributed by atoms with van der Waals surface area (Å²) in [4.78, 5) is 81.0. The highest BCUT2D eigenvalue weighted by molar-refractivity contribution is 8.00. The Labute approximate surface area is 332 Å². The summed E-state index contributed by atoms with van der Waals surface area (Å²) in [6.45, 7) is 4.96. The zero-order valence-corrected chi connectivity index (χ0v) is 32.9. The number of imide groups is 1. The van der Waals surface area contributed by atoms with Gasteiger partial charge in [0, 0.05) is 50.0 Å². The molecule has 4 aromatic carbocycles. The number of Topliss-reactive ketones (excluding diaryl/α,β-unsaturated/α-hetero) is 2. The van der Waals surface area contributed by atoms with E-state index in [1.807, 2.05) is 54.6 Å². The van der Waals surface area contributed by atoms with Crippen molar-refractivity contribution in [1.82, 2.24) is 10.4 Å². The number of hydrogen-bond acceptors (Lipinski definition) is 9. The van der Waals surface area contributed by atoms with E-state index in [2.05, 4.69) is 41.7 Å². The van der Waals surface area contributed by atoms with E-state index in [4.69, 9.17) is 9.57 Å². The number of nitrogens with one attached hydrogen (secondary N) is 1. The molecule has 1 aliphatic rings. The van der Waals surface area contributed by atoms with Gasteiger partial charge in [-0.3, -0.25) is 19.2 Å². The molecule has 0 aliphatic carbocycles. The van der Waals surface area contributed by atoms with Gasteiger partial charge in [-0.1, -0.05) is 103 Å². The number of amides is 3. The van der Waals surface area contributed by atoms with Gasteiger partial charge in [-0.05, 0) is 68.0 Å². The lowest BCUT2D eigenvalue weighted by molar-refractivity contribution is -0.172. The minimum absolute atomic E-state index is 0.0182. The lowest BCUT2D eigenvalue weighted by Gasteiger charge is -2.35. The second kappa shape index (κ2) is 19.4. The van der Waals surface area contributed by atoms with Crippen molar-refractivity contribution in [2.45, 2.75) is 89.0 Å². The summed E-state index contributed by atoms with van der Waals surface area (Å²) in [6, 6.07) is 35.5. The van der Waals surface area contributed by atoms with E-state index >= 15 is 0 Å². The first-order valence-electron chi connectivity index (χ1n) is 18.9. The number of hydroxylamine groups is 2. The van der Waals surface area contributed by atoms with Crippen LogP contribution in [0.5, 0.6) is 0 Å². The zero-order valence-electron chi connectivity index (χ0n) is 32.1. The molecule has 0 spiro atoms. The van der Waals surface area contributed by atoms with Crippen LogP contribution in [0.3, 0.4) is 0 Å². The first-order chi connectivity index (χ1) is 26.9. The van der Waals surface area contributed by atoms with E-state index in [1.54, 1.807) is 32.5 Å². The summed E-state index contributed by atoms with van der Waals surface area (Å²) >= 11 is 1.76. The number of thioether (sulfide) groups is 1. The second-order valence-electron chi connectivity index (χ2n) is 14.6. The zero-order chi connectivity index (χ0) is 40.1. The standard InChI is InChI=1S/C45H48N2O8S/c1-44(2,3)54-43(53)46-31-33-30-32(24-25-38(33)42(52)55-47-40(50)26-27-41(47)51)39(49)23-15-7-14-22-37(48)28-29-56-45(34-16-8-4-9-17-34,35-18-10-5-11-19-35)36-20-12-6-13-21-36/h4-6,8-13,16-21,24-25,30H,7,14-15,22-23,26-29,31H2,1-3H3,(H,46,53). The molecular formula is C45H48N2O8S. The monoisotopic (exact) mass is 776 g/mol. The van der Waals surface area contributed by atoms with Gasteiger partial charge in [-0.2, -0.15) is 0 Å². The van der Waals surface area contributed by atoms with Crippen LogP contribution in [0.4, 0.5) is 4.79 Å². The van der Waals surface area contributed by atoms with Crippen LogP contribution in [0.15, 0.2) is 109 Å². The van der Waals surface area contributed by atoms with Crippen molar-refractivity contribution in [1.29, 1.82) is 0 Å². The number of rotatable bonds is 18. The third kappa shape index (κ3) is 11.0. The Kier molecular flexibility index (Phi) is 14.4. The highest BCUT2D eigenvalue weighted by Gasteiger charge is 2.37.